The van der Waals surface area contributed by atoms with Gasteiger partial charge in [-0.1, -0.05) is 42.5 Å². The second kappa shape index (κ2) is 19.1. The van der Waals surface area contributed by atoms with E-state index in [1.807, 2.05) is 6.07 Å². The zero-order valence-electron chi connectivity index (χ0n) is 27.7. The third-order valence-corrected chi connectivity index (χ3v) is 8.21. The number of aromatic hydroxyl groups is 1. The minimum absolute atomic E-state index is 0.0481. The van der Waals surface area contributed by atoms with Crippen LogP contribution in [0.25, 0.3) is 0 Å². The highest BCUT2D eigenvalue weighted by molar-refractivity contribution is 5.96. The van der Waals surface area contributed by atoms with Gasteiger partial charge in [-0.05, 0) is 68.8 Å². The molecule has 2 aromatic carbocycles. The Labute approximate surface area is 285 Å². The first kappa shape index (κ1) is 38.4. The van der Waals surface area contributed by atoms with E-state index >= 15 is 0 Å². The normalized spacial score (nSPS) is 16.5. The number of phenols is 1. The minimum Gasteiger partial charge on any atom is -0.508 e. The van der Waals surface area contributed by atoms with Gasteiger partial charge in [0.2, 0.25) is 35.4 Å². The third kappa shape index (κ3) is 12.2. The molecule has 0 bridgehead atoms. The summed E-state index contributed by atoms with van der Waals surface area (Å²) in [5.74, 6) is -3.52. The standard InChI is InChI=1S/C34H48N8O7/c1-21(36)31(46)41-27(19-23-12-14-24(43)15-13-23)34(49)42-17-7-11-28(42)33(48)38-20-29(44)39-25(10-5-6-16-35)32(47)40-26(30(37)45)18-22-8-3-2-4-9-22/h2-4,8-9,12-15,21,25-28,43H,5-7,10-11,16-20,35-36H2,1H3,(H2,37,45)(H,38,48)(H,39,44)(H,40,47)(H,41,46)/t21-,25+,26-,27-,28+/m1/s1. The van der Waals surface area contributed by atoms with E-state index in [9.17, 15) is 33.9 Å². The predicted octanol–water partition coefficient (Wildman–Crippen LogP) is -1.30. The Morgan fingerprint density at radius 1 is 0.857 bits per heavy atom. The number of amides is 6. The maximum absolute atomic E-state index is 13.7. The number of carbonyl (C=O) groups excluding carboxylic acids is 6. The Kier molecular flexibility index (Phi) is 15.0. The largest absolute Gasteiger partial charge is 0.508 e. The van der Waals surface area contributed by atoms with E-state index in [1.165, 1.54) is 24.0 Å². The van der Waals surface area contributed by atoms with Crippen LogP contribution in [0.2, 0.25) is 0 Å². The molecule has 1 saturated heterocycles. The van der Waals surface area contributed by atoms with E-state index in [-0.39, 0.29) is 31.6 Å². The summed E-state index contributed by atoms with van der Waals surface area (Å²) in [6, 6.07) is 10.4. The van der Waals surface area contributed by atoms with Crippen LogP contribution in [0, 0.1) is 0 Å². The summed E-state index contributed by atoms with van der Waals surface area (Å²) in [5.41, 5.74) is 18.4. The van der Waals surface area contributed by atoms with Crippen LogP contribution in [0.4, 0.5) is 0 Å². The van der Waals surface area contributed by atoms with Gasteiger partial charge < -0.3 is 48.5 Å². The van der Waals surface area contributed by atoms with Crippen LogP contribution in [0.1, 0.15) is 50.2 Å². The van der Waals surface area contributed by atoms with Crippen molar-refractivity contribution < 1.29 is 33.9 Å². The quantitative estimate of drug-likeness (QED) is 0.0870. The van der Waals surface area contributed by atoms with E-state index in [0.29, 0.717) is 37.8 Å². The number of likely N-dealkylation sites (tertiary alicyclic amines) is 1. The minimum atomic E-state index is -1.03. The summed E-state index contributed by atoms with van der Waals surface area (Å²) in [6.45, 7) is 1.66. The number of nitrogens with zero attached hydrogens (tertiary/aromatic N) is 1. The molecule has 5 atom stereocenters. The fourth-order valence-corrected chi connectivity index (χ4v) is 5.51. The third-order valence-electron chi connectivity index (χ3n) is 8.21. The number of rotatable bonds is 18. The van der Waals surface area contributed by atoms with Crippen molar-refractivity contribution in [2.75, 3.05) is 19.6 Å². The predicted molar refractivity (Wildman–Crippen MR) is 181 cm³/mol. The summed E-state index contributed by atoms with van der Waals surface area (Å²) >= 11 is 0. The molecule has 2 aromatic rings. The SMILES string of the molecule is C[C@@H](N)C(=O)N[C@H](Cc1ccc(O)cc1)C(=O)N1CCC[C@H]1C(=O)NCC(=O)N[C@@H](CCCCN)C(=O)N[C@H](Cc1ccccc1)C(N)=O. The van der Waals surface area contributed by atoms with Gasteiger partial charge in [0.1, 0.15) is 29.9 Å². The molecule has 6 amide bonds. The molecular weight excluding hydrogens is 632 g/mol. The van der Waals surface area contributed by atoms with Gasteiger partial charge in [0.05, 0.1) is 12.6 Å². The Hall–Kier alpha value is -5.02. The molecule has 0 radical (unpaired) electrons. The molecule has 11 N–H and O–H groups in total. The lowest BCUT2D eigenvalue weighted by atomic mass is 10.0. The maximum atomic E-state index is 13.7. The molecular formula is C34H48N8O7. The molecule has 49 heavy (non-hydrogen) atoms. The molecule has 266 valence electrons. The number of unbranched alkanes of at least 4 members (excludes halogenated alkanes) is 1. The number of benzene rings is 2. The highest BCUT2D eigenvalue weighted by Gasteiger charge is 2.38. The first-order valence-electron chi connectivity index (χ1n) is 16.4. The molecule has 1 aliphatic rings. The number of hydrogen-bond acceptors (Lipinski definition) is 9. The topological polar surface area (TPSA) is 252 Å². The zero-order chi connectivity index (χ0) is 35.9. The van der Waals surface area contributed by atoms with Crippen LogP contribution < -0.4 is 38.5 Å². The van der Waals surface area contributed by atoms with Gasteiger partial charge in [0, 0.05) is 19.4 Å². The first-order chi connectivity index (χ1) is 23.4. The van der Waals surface area contributed by atoms with Gasteiger partial charge in [-0.3, -0.25) is 28.8 Å². The van der Waals surface area contributed by atoms with Crippen molar-refractivity contribution >= 4 is 35.4 Å². The van der Waals surface area contributed by atoms with E-state index in [0.717, 1.165) is 5.56 Å². The molecule has 1 aliphatic heterocycles. The molecule has 0 saturated carbocycles. The molecule has 15 heteroatoms. The fourth-order valence-electron chi connectivity index (χ4n) is 5.51. The molecule has 3 rings (SSSR count). The highest BCUT2D eigenvalue weighted by Crippen LogP contribution is 2.20. The number of carbonyl (C=O) groups is 6. The zero-order valence-corrected chi connectivity index (χ0v) is 27.7. The van der Waals surface area contributed by atoms with Crippen molar-refractivity contribution in [1.82, 2.24) is 26.2 Å². The first-order valence-corrected chi connectivity index (χ1v) is 16.4. The summed E-state index contributed by atoms with van der Waals surface area (Å²) < 4.78 is 0. The van der Waals surface area contributed by atoms with Gasteiger partial charge in [-0.25, -0.2) is 0 Å². The van der Waals surface area contributed by atoms with Crippen LogP contribution in [0.3, 0.4) is 0 Å². The van der Waals surface area contributed by atoms with Crippen molar-refractivity contribution in [2.24, 2.45) is 17.2 Å². The second-order valence-electron chi connectivity index (χ2n) is 12.2. The van der Waals surface area contributed by atoms with E-state index in [4.69, 9.17) is 17.2 Å². The molecule has 1 fully saturated rings. The Morgan fingerprint density at radius 2 is 1.49 bits per heavy atom. The molecule has 0 aromatic heterocycles. The number of phenolic OH excluding ortho intramolecular Hbond substituents is 1. The maximum Gasteiger partial charge on any atom is 0.246 e. The molecule has 1 heterocycles. The highest BCUT2D eigenvalue weighted by atomic mass is 16.3. The van der Waals surface area contributed by atoms with Gasteiger partial charge in [0.25, 0.3) is 0 Å². The average Bonchev–Trinajstić information content (AvgIpc) is 3.57. The van der Waals surface area contributed by atoms with Crippen LogP contribution in [0.5, 0.6) is 5.75 Å². The van der Waals surface area contributed by atoms with Crippen molar-refractivity contribution in [3.05, 3.63) is 65.7 Å². The number of hydrogen-bond donors (Lipinski definition) is 8. The summed E-state index contributed by atoms with van der Waals surface area (Å²) in [6.07, 6.45) is 2.49. The van der Waals surface area contributed by atoms with Crippen LogP contribution in [-0.4, -0.2) is 95.3 Å². The van der Waals surface area contributed by atoms with Gasteiger partial charge >= 0.3 is 0 Å². The van der Waals surface area contributed by atoms with E-state index in [1.54, 1.807) is 36.4 Å². The Morgan fingerprint density at radius 3 is 2.12 bits per heavy atom. The molecule has 15 nitrogen and oxygen atoms in total. The smallest absolute Gasteiger partial charge is 0.246 e. The summed E-state index contributed by atoms with van der Waals surface area (Å²) in [4.78, 5) is 79.2. The van der Waals surface area contributed by atoms with Gasteiger partial charge in [-0.2, -0.15) is 0 Å². The lowest BCUT2D eigenvalue weighted by Gasteiger charge is -2.29. The van der Waals surface area contributed by atoms with Crippen molar-refractivity contribution in [2.45, 2.75) is 82.1 Å². The molecule has 0 unspecified atom stereocenters. The lowest BCUT2D eigenvalue weighted by molar-refractivity contribution is -0.141. The van der Waals surface area contributed by atoms with Crippen molar-refractivity contribution in [3.8, 4) is 5.75 Å². The number of nitrogens with one attached hydrogen (secondary N) is 4. The van der Waals surface area contributed by atoms with Gasteiger partial charge in [-0.15, -0.1) is 0 Å². The molecule has 0 aliphatic carbocycles. The number of nitrogens with two attached hydrogens (primary N) is 3. The number of primary amides is 1. The summed E-state index contributed by atoms with van der Waals surface area (Å²) in [5, 5.41) is 20.1. The molecule has 0 spiro atoms. The van der Waals surface area contributed by atoms with E-state index < -0.39 is 72.2 Å². The van der Waals surface area contributed by atoms with E-state index in [2.05, 4.69) is 21.3 Å². The Balaban J connectivity index is 1.63. The van der Waals surface area contributed by atoms with Crippen LogP contribution in [0.15, 0.2) is 54.6 Å². The van der Waals surface area contributed by atoms with Crippen molar-refractivity contribution in [3.63, 3.8) is 0 Å². The van der Waals surface area contributed by atoms with Crippen molar-refractivity contribution in [1.29, 1.82) is 0 Å². The Bertz CT molecular complexity index is 1440. The van der Waals surface area contributed by atoms with Crippen LogP contribution >= 0.6 is 0 Å². The average molecular weight is 681 g/mol. The second-order valence-corrected chi connectivity index (χ2v) is 12.2. The fraction of sp³-hybridized carbons (Fsp3) is 0.471. The van der Waals surface area contributed by atoms with Crippen LogP contribution in [-0.2, 0) is 41.6 Å². The summed E-state index contributed by atoms with van der Waals surface area (Å²) in [7, 11) is 0. The monoisotopic (exact) mass is 680 g/mol. The van der Waals surface area contributed by atoms with Gasteiger partial charge in [0.15, 0.2) is 0 Å². The lowest BCUT2D eigenvalue weighted by Crippen LogP contribution is -2.57.